The average molecular weight is 246 g/mol. The maximum atomic E-state index is 5.97. The number of fused-ring (bicyclic) bond motifs is 1. The molecule has 0 radical (unpaired) electrons. The zero-order chi connectivity index (χ0) is 12.4. The smallest absolute Gasteiger partial charge is 0.0547 e. The summed E-state index contributed by atoms with van der Waals surface area (Å²) in [5.74, 6) is 0. The highest BCUT2D eigenvalue weighted by Crippen LogP contribution is 2.30. The molecule has 2 N–H and O–H groups in total. The highest BCUT2D eigenvalue weighted by molar-refractivity contribution is 5.29. The lowest BCUT2D eigenvalue weighted by Gasteiger charge is -2.36. The first kappa shape index (κ1) is 12.2. The molecule has 1 unspecified atom stereocenters. The van der Waals surface area contributed by atoms with Crippen molar-refractivity contribution >= 4 is 0 Å². The average Bonchev–Trinajstić information content (AvgIpc) is 2.88. The molecular weight excluding hydrogens is 224 g/mol. The highest BCUT2D eigenvalue weighted by atomic mass is 16.5. The van der Waals surface area contributed by atoms with Crippen molar-refractivity contribution in [1.29, 1.82) is 0 Å². The molecule has 1 atom stereocenters. The number of hydrogen-bond donors (Lipinski definition) is 1. The second-order valence-electron chi connectivity index (χ2n) is 5.74. The molecule has 2 aliphatic rings. The maximum Gasteiger partial charge on any atom is 0.0547 e. The van der Waals surface area contributed by atoms with Gasteiger partial charge in [-0.05, 0) is 24.0 Å². The molecule has 3 heteroatoms. The lowest BCUT2D eigenvalue weighted by atomic mass is 9.86. The third-order valence-corrected chi connectivity index (χ3v) is 4.39. The summed E-state index contributed by atoms with van der Waals surface area (Å²) in [5.41, 5.74) is 9.17. The van der Waals surface area contributed by atoms with Crippen molar-refractivity contribution in [1.82, 2.24) is 4.90 Å². The summed E-state index contributed by atoms with van der Waals surface area (Å²) in [7, 11) is 0. The van der Waals surface area contributed by atoms with Gasteiger partial charge in [-0.1, -0.05) is 24.3 Å². The molecule has 3 nitrogen and oxygen atoms in total. The standard InChI is InChI=1S/C15H22N2O/c16-10-15(6-8-18-12-15)11-17-7-5-13-3-1-2-4-14(13)9-17/h1-4H,5-12,16H2. The monoisotopic (exact) mass is 246 g/mol. The van der Waals surface area contributed by atoms with Gasteiger partial charge in [0.1, 0.15) is 0 Å². The van der Waals surface area contributed by atoms with Crippen molar-refractivity contribution in [2.24, 2.45) is 11.1 Å². The van der Waals surface area contributed by atoms with Crippen LogP contribution in [-0.2, 0) is 17.7 Å². The van der Waals surface area contributed by atoms with Gasteiger partial charge < -0.3 is 10.5 Å². The van der Waals surface area contributed by atoms with E-state index >= 15 is 0 Å². The fourth-order valence-electron chi connectivity index (χ4n) is 3.16. The molecule has 0 bridgehead atoms. The molecule has 1 fully saturated rings. The van der Waals surface area contributed by atoms with Crippen LogP contribution in [0.4, 0.5) is 0 Å². The van der Waals surface area contributed by atoms with Gasteiger partial charge in [-0.3, -0.25) is 4.90 Å². The fourth-order valence-corrected chi connectivity index (χ4v) is 3.16. The van der Waals surface area contributed by atoms with Crippen molar-refractivity contribution < 1.29 is 4.74 Å². The molecule has 1 aromatic rings. The van der Waals surface area contributed by atoms with Crippen molar-refractivity contribution in [2.45, 2.75) is 19.4 Å². The largest absolute Gasteiger partial charge is 0.381 e. The lowest BCUT2D eigenvalue weighted by Crippen LogP contribution is -2.44. The van der Waals surface area contributed by atoms with Gasteiger partial charge in [-0.25, -0.2) is 0 Å². The summed E-state index contributed by atoms with van der Waals surface area (Å²) in [5, 5.41) is 0. The van der Waals surface area contributed by atoms with Gasteiger partial charge in [-0.2, -0.15) is 0 Å². The van der Waals surface area contributed by atoms with E-state index in [4.69, 9.17) is 10.5 Å². The van der Waals surface area contributed by atoms with Gasteiger partial charge >= 0.3 is 0 Å². The Morgan fingerprint density at radius 1 is 1.28 bits per heavy atom. The summed E-state index contributed by atoms with van der Waals surface area (Å²) in [6.45, 7) is 5.75. The van der Waals surface area contributed by atoms with Crippen LogP contribution in [0.15, 0.2) is 24.3 Å². The number of nitrogens with two attached hydrogens (primary N) is 1. The van der Waals surface area contributed by atoms with E-state index in [1.54, 1.807) is 0 Å². The molecular formula is C15H22N2O. The van der Waals surface area contributed by atoms with Crippen LogP contribution < -0.4 is 5.73 Å². The van der Waals surface area contributed by atoms with Crippen molar-refractivity contribution in [2.75, 3.05) is 32.8 Å². The van der Waals surface area contributed by atoms with Gasteiger partial charge in [0.05, 0.1) is 6.61 Å². The zero-order valence-corrected chi connectivity index (χ0v) is 10.9. The van der Waals surface area contributed by atoms with Crippen molar-refractivity contribution in [3.8, 4) is 0 Å². The first-order chi connectivity index (χ1) is 8.81. The number of hydrogen-bond acceptors (Lipinski definition) is 3. The molecule has 3 rings (SSSR count). The Morgan fingerprint density at radius 3 is 2.83 bits per heavy atom. The van der Waals surface area contributed by atoms with E-state index in [9.17, 15) is 0 Å². The summed E-state index contributed by atoms with van der Waals surface area (Å²) in [6, 6.07) is 8.78. The minimum absolute atomic E-state index is 0.201. The molecule has 0 aliphatic carbocycles. The lowest BCUT2D eigenvalue weighted by molar-refractivity contribution is 0.108. The van der Waals surface area contributed by atoms with Crippen LogP contribution in [0.3, 0.4) is 0 Å². The van der Waals surface area contributed by atoms with E-state index in [1.165, 1.54) is 11.1 Å². The van der Waals surface area contributed by atoms with Crippen LogP contribution in [-0.4, -0.2) is 37.7 Å². The van der Waals surface area contributed by atoms with Gasteiger partial charge in [0, 0.05) is 38.2 Å². The molecule has 1 saturated heterocycles. The molecule has 0 amide bonds. The van der Waals surface area contributed by atoms with Gasteiger partial charge in [-0.15, -0.1) is 0 Å². The predicted molar refractivity (Wildman–Crippen MR) is 72.3 cm³/mol. The molecule has 18 heavy (non-hydrogen) atoms. The van der Waals surface area contributed by atoms with Crippen LogP contribution >= 0.6 is 0 Å². The number of benzene rings is 1. The Morgan fingerprint density at radius 2 is 2.11 bits per heavy atom. The Labute approximate surface area is 109 Å². The first-order valence-electron chi connectivity index (χ1n) is 6.88. The van der Waals surface area contributed by atoms with E-state index in [-0.39, 0.29) is 5.41 Å². The molecule has 0 aromatic heterocycles. The van der Waals surface area contributed by atoms with Crippen LogP contribution in [0.5, 0.6) is 0 Å². The van der Waals surface area contributed by atoms with Gasteiger partial charge in [0.2, 0.25) is 0 Å². The Bertz CT molecular complexity index is 413. The minimum atomic E-state index is 0.201. The third-order valence-electron chi connectivity index (χ3n) is 4.39. The first-order valence-corrected chi connectivity index (χ1v) is 6.88. The molecule has 98 valence electrons. The van der Waals surface area contributed by atoms with Crippen molar-refractivity contribution in [3.05, 3.63) is 35.4 Å². The highest BCUT2D eigenvalue weighted by Gasteiger charge is 2.35. The van der Waals surface area contributed by atoms with Gasteiger partial charge in [0.25, 0.3) is 0 Å². The van der Waals surface area contributed by atoms with Crippen LogP contribution in [0.25, 0.3) is 0 Å². The fraction of sp³-hybridized carbons (Fsp3) is 0.600. The summed E-state index contributed by atoms with van der Waals surface area (Å²) < 4.78 is 5.56. The maximum absolute atomic E-state index is 5.97. The Hall–Kier alpha value is -0.900. The zero-order valence-electron chi connectivity index (χ0n) is 10.9. The quantitative estimate of drug-likeness (QED) is 0.876. The topological polar surface area (TPSA) is 38.5 Å². The van der Waals surface area contributed by atoms with E-state index in [0.717, 1.165) is 52.2 Å². The Kier molecular flexibility index (Phi) is 3.37. The number of rotatable bonds is 3. The van der Waals surface area contributed by atoms with Crippen molar-refractivity contribution in [3.63, 3.8) is 0 Å². The second-order valence-corrected chi connectivity index (χ2v) is 5.74. The van der Waals surface area contributed by atoms with Crippen LogP contribution in [0.2, 0.25) is 0 Å². The second kappa shape index (κ2) is 5.00. The number of ether oxygens (including phenoxy) is 1. The molecule has 2 heterocycles. The molecule has 1 aromatic carbocycles. The van der Waals surface area contributed by atoms with Gasteiger partial charge in [0.15, 0.2) is 0 Å². The normalized spacial score (nSPS) is 28.3. The molecule has 0 spiro atoms. The predicted octanol–water partition coefficient (Wildman–Crippen LogP) is 1.41. The van der Waals surface area contributed by atoms with Crippen LogP contribution in [0.1, 0.15) is 17.5 Å². The van der Waals surface area contributed by atoms with E-state index in [1.807, 2.05) is 0 Å². The Balaban J connectivity index is 1.69. The van der Waals surface area contributed by atoms with E-state index in [2.05, 4.69) is 29.2 Å². The summed E-state index contributed by atoms with van der Waals surface area (Å²) >= 11 is 0. The number of nitrogens with zero attached hydrogens (tertiary/aromatic N) is 1. The third kappa shape index (κ3) is 2.30. The van der Waals surface area contributed by atoms with E-state index in [0.29, 0.717) is 0 Å². The minimum Gasteiger partial charge on any atom is -0.381 e. The summed E-state index contributed by atoms with van der Waals surface area (Å²) in [6.07, 6.45) is 2.28. The molecule has 0 saturated carbocycles. The van der Waals surface area contributed by atoms with E-state index < -0.39 is 0 Å². The molecule has 2 aliphatic heterocycles. The SMILES string of the molecule is NCC1(CN2CCc3ccccc3C2)CCOC1. The summed E-state index contributed by atoms with van der Waals surface area (Å²) in [4.78, 5) is 2.55. The van der Waals surface area contributed by atoms with Crippen LogP contribution in [0, 0.1) is 5.41 Å².